The molecule has 2 aromatic carbocycles. The van der Waals surface area contributed by atoms with Crippen molar-refractivity contribution in [2.45, 2.75) is 32.3 Å². The van der Waals surface area contributed by atoms with Crippen molar-refractivity contribution in [3.63, 3.8) is 0 Å². The first kappa shape index (κ1) is 19.6. The van der Waals surface area contributed by atoms with E-state index in [4.69, 9.17) is 10.5 Å². The lowest BCUT2D eigenvalue weighted by Gasteiger charge is -2.12. The Bertz CT molecular complexity index is 1110. The molecule has 1 atom stereocenters. The number of primary amides is 1. The molecule has 0 saturated carbocycles. The molecular weight excluding hydrogens is 378 g/mol. The van der Waals surface area contributed by atoms with Gasteiger partial charge in [0.15, 0.2) is 6.10 Å². The fourth-order valence-corrected chi connectivity index (χ4v) is 3.56. The summed E-state index contributed by atoms with van der Waals surface area (Å²) in [6.45, 7) is 4.25. The lowest BCUT2D eigenvalue weighted by Crippen LogP contribution is -2.31. The highest BCUT2D eigenvalue weighted by molar-refractivity contribution is 5.96. The number of amides is 2. The first-order valence-electron chi connectivity index (χ1n) is 9.88. The first-order valence-corrected chi connectivity index (χ1v) is 9.88. The van der Waals surface area contributed by atoms with Crippen molar-refractivity contribution >= 4 is 17.5 Å². The third kappa shape index (κ3) is 3.89. The van der Waals surface area contributed by atoms with Crippen LogP contribution in [0.2, 0.25) is 0 Å². The zero-order chi connectivity index (χ0) is 21.3. The van der Waals surface area contributed by atoms with Crippen LogP contribution in [0.3, 0.4) is 0 Å². The lowest BCUT2D eigenvalue weighted by molar-refractivity contribution is -0.122. The van der Waals surface area contributed by atoms with Crippen LogP contribution in [0.15, 0.2) is 60.8 Å². The van der Waals surface area contributed by atoms with Crippen molar-refractivity contribution < 1.29 is 14.3 Å². The minimum absolute atomic E-state index is 0.220. The molecule has 6 nitrogen and oxygen atoms in total. The number of carbonyl (C=O) groups excluding carboxylic acids is 2. The predicted octanol–water partition coefficient (Wildman–Crippen LogP) is 3.91. The summed E-state index contributed by atoms with van der Waals surface area (Å²) in [5, 5.41) is 2.92. The molecule has 1 aliphatic rings. The van der Waals surface area contributed by atoms with E-state index < -0.39 is 12.0 Å². The van der Waals surface area contributed by atoms with E-state index in [0.29, 0.717) is 23.8 Å². The van der Waals surface area contributed by atoms with Gasteiger partial charge in [0.05, 0.1) is 0 Å². The van der Waals surface area contributed by atoms with E-state index in [1.807, 2.05) is 36.4 Å². The molecule has 2 amide bonds. The van der Waals surface area contributed by atoms with Crippen molar-refractivity contribution in [1.29, 1.82) is 0 Å². The number of fused-ring (bicyclic) bond motifs is 1. The quantitative estimate of drug-likeness (QED) is 0.678. The monoisotopic (exact) mass is 401 g/mol. The molecule has 3 aromatic rings. The number of rotatable bonds is 5. The molecule has 0 radical (unpaired) electrons. The summed E-state index contributed by atoms with van der Waals surface area (Å²) in [6, 6.07) is 16.8. The Morgan fingerprint density at radius 2 is 1.90 bits per heavy atom. The van der Waals surface area contributed by atoms with Gasteiger partial charge in [0, 0.05) is 29.4 Å². The van der Waals surface area contributed by atoms with E-state index in [1.165, 1.54) is 5.56 Å². The fourth-order valence-electron chi connectivity index (χ4n) is 3.56. The van der Waals surface area contributed by atoms with Gasteiger partial charge in [-0.2, -0.15) is 0 Å². The summed E-state index contributed by atoms with van der Waals surface area (Å²) < 4.78 is 5.83. The van der Waals surface area contributed by atoms with E-state index in [2.05, 4.69) is 24.1 Å². The SMILES string of the molecule is CC(C)c1ccc(NC(=O)C2Cc3c(-c4cccc(C(N)=O)c4)ccnc3O2)cc1. The maximum Gasteiger partial charge on any atom is 0.265 e. The highest BCUT2D eigenvalue weighted by Gasteiger charge is 2.32. The summed E-state index contributed by atoms with van der Waals surface area (Å²) in [4.78, 5) is 28.6. The number of benzene rings is 2. The van der Waals surface area contributed by atoms with Crippen molar-refractivity contribution in [2.24, 2.45) is 5.73 Å². The summed E-state index contributed by atoms with van der Waals surface area (Å²) in [7, 11) is 0. The van der Waals surface area contributed by atoms with Gasteiger partial charge in [-0.3, -0.25) is 9.59 Å². The van der Waals surface area contributed by atoms with Crippen LogP contribution in [0.5, 0.6) is 5.88 Å². The summed E-state index contributed by atoms with van der Waals surface area (Å²) >= 11 is 0. The smallest absolute Gasteiger partial charge is 0.265 e. The average Bonchev–Trinajstić information content (AvgIpc) is 3.19. The second-order valence-corrected chi connectivity index (χ2v) is 7.66. The maximum atomic E-state index is 12.8. The van der Waals surface area contributed by atoms with Gasteiger partial charge in [-0.1, -0.05) is 38.1 Å². The number of nitrogens with one attached hydrogen (secondary N) is 1. The molecule has 4 rings (SSSR count). The van der Waals surface area contributed by atoms with Gasteiger partial charge in [-0.05, 0) is 52.9 Å². The number of carbonyl (C=O) groups is 2. The van der Waals surface area contributed by atoms with Crippen LogP contribution in [0.25, 0.3) is 11.1 Å². The maximum absolute atomic E-state index is 12.8. The van der Waals surface area contributed by atoms with E-state index >= 15 is 0 Å². The third-order valence-electron chi connectivity index (χ3n) is 5.26. The van der Waals surface area contributed by atoms with Crippen LogP contribution in [0, 0.1) is 0 Å². The summed E-state index contributed by atoms with van der Waals surface area (Å²) in [5.74, 6) is 0.161. The average molecular weight is 401 g/mol. The molecule has 0 spiro atoms. The Labute approximate surface area is 175 Å². The molecule has 0 saturated heterocycles. The van der Waals surface area contributed by atoms with Crippen molar-refractivity contribution in [3.05, 3.63) is 77.5 Å². The van der Waals surface area contributed by atoms with Crippen LogP contribution in [-0.4, -0.2) is 22.9 Å². The number of hydrogen-bond donors (Lipinski definition) is 2. The van der Waals surface area contributed by atoms with Gasteiger partial charge in [0.2, 0.25) is 11.8 Å². The van der Waals surface area contributed by atoms with Crippen LogP contribution in [0.4, 0.5) is 5.69 Å². The third-order valence-corrected chi connectivity index (χ3v) is 5.26. The standard InChI is InChI=1S/C24H23N3O3/c1-14(2)15-6-8-18(9-7-15)27-23(29)21-13-20-19(10-11-26-24(20)30-21)16-4-3-5-17(12-16)22(25)28/h3-12,14,21H,13H2,1-2H3,(H2,25,28)(H,27,29). The minimum Gasteiger partial charge on any atom is -0.464 e. The van der Waals surface area contributed by atoms with E-state index in [9.17, 15) is 9.59 Å². The highest BCUT2D eigenvalue weighted by atomic mass is 16.5. The van der Waals surface area contributed by atoms with Crippen molar-refractivity contribution in [3.8, 4) is 17.0 Å². The molecule has 3 N–H and O–H groups in total. The first-order chi connectivity index (χ1) is 14.4. The van der Waals surface area contributed by atoms with Crippen LogP contribution < -0.4 is 15.8 Å². The summed E-state index contributed by atoms with van der Waals surface area (Å²) in [6.07, 6.45) is 1.36. The van der Waals surface area contributed by atoms with Gasteiger partial charge in [-0.25, -0.2) is 4.98 Å². The minimum atomic E-state index is -0.669. The molecular formula is C24H23N3O3. The molecule has 0 aliphatic carbocycles. The fraction of sp³-hybridized carbons (Fsp3) is 0.208. The zero-order valence-electron chi connectivity index (χ0n) is 16.9. The number of pyridine rings is 1. The molecule has 6 heteroatoms. The number of hydrogen-bond acceptors (Lipinski definition) is 4. The summed E-state index contributed by atoms with van der Waals surface area (Å²) in [5.41, 5.74) is 10.3. The Morgan fingerprint density at radius 1 is 1.13 bits per heavy atom. The highest BCUT2D eigenvalue weighted by Crippen LogP contribution is 2.35. The normalized spacial score (nSPS) is 14.8. The largest absolute Gasteiger partial charge is 0.464 e. The van der Waals surface area contributed by atoms with E-state index in [-0.39, 0.29) is 5.91 Å². The number of nitrogens with zero attached hydrogens (tertiary/aromatic N) is 1. The number of aromatic nitrogens is 1. The Balaban J connectivity index is 1.53. The van der Waals surface area contributed by atoms with Gasteiger partial charge >= 0.3 is 0 Å². The van der Waals surface area contributed by atoms with Gasteiger partial charge < -0.3 is 15.8 Å². The van der Waals surface area contributed by atoms with Crippen LogP contribution >= 0.6 is 0 Å². The van der Waals surface area contributed by atoms with Crippen LogP contribution in [0.1, 0.15) is 41.3 Å². The molecule has 2 heterocycles. The molecule has 0 fully saturated rings. The van der Waals surface area contributed by atoms with Gasteiger partial charge in [0.1, 0.15) is 0 Å². The van der Waals surface area contributed by atoms with Crippen molar-refractivity contribution in [1.82, 2.24) is 4.98 Å². The molecule has 1 aliphatic heterocycles. The zero-order valence-corrected chi connectivity index (χ0v) is 16.9. The Morgan fingerprint density at radius 3 is 2.60 bits per heavy atom. The Kier molecular flexibility index (Phi) is 5.23. The molecule has 1 aromatic heterocycles. The van der Waals surface area contributed by atoms with Gasteiger partial charge in [0.25, 0.3) is 5.91 Å². The van der Waals surface area contributed by atoms with Gasteiger partial charge in [-0.15, -0.1) is 0 Å². The molecule has 152 valence electrons. The topological polar surface area (TPSA) is 94.3 Å². The van der Waals surface area contributed by atoms with Crippen molar-refractivity contribution in [2.75, 3.05) is 5.32 Å². The number of nitrogens with two attached hydrogens (primary N) is 1. The van der Waals surface area contributed by atoms with Crippen LogP contribution in [-0.2, 0) is 11.2 Å². The predicted molar refractivity (Wildman–Crippen MR) is 115 cm³/mol. The molecule has 0 bridgehead atoms. The molecule has 30 heavy (non-hydrogen) atoms. The Hall–Kier alpha value is -3.67. The second kappa shape index (κ2) is 7.99. The molecule has 1 unspecified atom stereocenters. The lowest BCUT2D eigenvalue weighted by atomic mass is 9.97. The van der Waals surface area contributed by atoms with E-state index in [1.54, 1.807) is 24.4 Å². The second-order valence-electron chi connectivity index (χ2n) is 7.66. The van der Waals surface area contributed by atoms with E-state index in [0.717, 1.165) is 22.4 Å². The number of ether oxygens (including phenoxy) is 1. The number of anilines is 1.